The molecule has 0 N–H and O–H groups in total. The van der Waals surface area contributed by atoms with Crippen LogP contribution in [0.3, 0.4) is 0 Å². The molecule has 1 saturated heterocycles. The molecule has 3 aromatic carbocycles. The second kappa shape index (κ2) is 8.80. The van der Waals surface area contributed by atoms with Crippen molar-refractivity contribution < 1.29 is 4.79 Å². The Kier molecular flexibility index (Phi) is 5.82. The zero-order valence-corrected chi connectivity index (χ0v) is 20.8. The molecule has 1 atom stereocenters. The largest absolute Gasteiger partial charge is 0.369 e. The van der Waals surface area contributed by atoms with Gasteiger partial charge in [-0.15, -0.1) is 0 Å². The Bertz CT molecular complexity index is 1280. The van der Waals surface area contributed by atoms with Crippen LogP contribution in [-0.2, 0) is 4.79 Å². The van der Waals surface area contributed by atoms with Crippen LogP contribution in [0.5, 0.6) is 0 Å². The van der Waals surface area contributed by atoms with E-state index in [0.717, 1.165) is 23.4 Å². The molecule has 0 unspecified atom stereocenters. The molecule has 5 rings (SSSR count). The summed E-state index contributed by atoms with van der Waals surface area (Å²) in [6.45, 7) is 6.88. The monoisotopic (exact) mass is 467 g/mol. The van der Waals surface area contributed by atoms with Crippen LogP contribution in [0.1, 0.15) is 44.2 Å². The topological polar surface area (TPSA) is 35.9 Å². The number of aliphatic imine (C=N–C) groups is 1. The first-order valence-electron chi connectivity index (χ1n) is 11.6. The van der Waals surface area contributed by atoms with Gasteiger partial charge in [-0.05, 0) is 91.5 Å². The Morgan fingerprint density at radius 3 is 2.38 bits per heavy atom. The first-order valence-corrected chi connectivity index (χ1v) is 12.5. The molecule has 0 aliphatic carbocycles. The molecule has 172 valence electrons. The van der Waals surface area contributed by atoms with Crippen molar-refractivity contribution in [2.24, 2.45) is 4.99 Å². The van der Waals surface area contributed by atoms with Crippen molar-refractivity contribution in [3.63, 3.8) is 0 Å². The number of anilines is 2. The van der Waals surface area contributed by atoms with Gasteiger partial charge in [-0.1, -0.05) is 49.4 Å². The number of thioether (sulfide) groups is 1. The molecule has 0 saturated carbocycles. The number of hydrogen-bond acceptors (Lipinski definition) is 4. The van der Waals surface area contributed by atoms with E-state index in [-0.39, 0.29) is 11.4 Å². The smallest absolute Gasteiger partial charge is 0.271 e. The number of rotatable bonds is 3. The number of fused-ring (bicyclic) bond motifs is 1. The van der Waals surface area contributed by atoms with Crippen LogP contribution in [0.4, 0.5) is 17.1 Å². The van der Waals surface area contributed by atoms with Crippen LogP contribution in [0.25, 0.3) is 6.08 Å². The van der Waals surface area contributed by atoms with Crippen LogP contribution < -0.4 is 9.80 Å². The molecule has 34 heavy (non-hydrogen) atoms. The molecule has 2 aliphatic rings. The Hall–Kier alpha value is -3.31. The first kappa shape index (κ1) is 22.5. The maximum atomic E-state index is 13.5. The van der Waals surface area contributed by atoms with E-state index in [1.54, 1.807) is 4.90 Å². The minimum absolute atomic E-state index is 0.0464. The van der Waals surface area contributed by atoms with Crippen LogP contribution in [0.2, 0.25) is 0 Å². The summed E-state index contributed by atoms with van der Waals surface area (Å²) < 4.78 is 0. The molecule has 1 fully saturated rings. The normalized spacial score (nSPS) is 21.9. The standard InChI is InChI=1S/C29H29N3OS/c1-20-19-29(2,3)31(4)25-16-15-21(17-24(20)25)18-26-27(33)32(23-13-9-6-10-14-23)28(34-26)30-22-11-7-5-8-12-22/h5-18,20H,19H2,1-4H3/b26-18-,30-28?/t20-/m0/s1. The van der Waals surface area contributed by atoms with E-state index in [0.29, 0.717) is 16.0 Å². The van der Waals surface area contributed by atoms with E-state index in [2.05, 4.69) is 50.9 Å². The highest BCUT2D eigenvalue weighted by molar-refractivity contribution is 8.19. The zero-order valence-electron chi connectivity index (χ0n) is 20.0. The third-order valence-corrected chi connectivity index (χ3v) is 7.73. The van der Waals surface area contributed by atoms with Gasteiger partial charge < -0.3 is 4.90 Å². The number of benzene rings is 3. The molecule has 0 bridgehead atoms. The average Bonchev–Trinajstić information content (AvgIpc) is 3.13. The molecule has 3 aromatic rings. The Balaban J connectivity index is 1.53. The van der Waals surface area contributed by atoms with Gasteiger partial charge in [0.05, 0.1) is 16.3 Å². The van der Waals surface area contributed by atoms with Gasteiger partial charge in [0, 0.05) is 18.3 Å². The summed E-state index contributed by atoms with van der Waals surface area (Å²) >= 11 is 1.43. The van der Waals surface area contributed by atoms with Crippen molar-refractivity contribution in [3.05, 3.63) is 94.9 Å². The lowest BCUT2D eigenvalue weighted by atomic mass is 9.80. The molecule has 2 aliphatic heterocycles. The highest BCUT2D eigenvalue weighted by atomic mass is 32.2. The van der Waals surface area contributed by atoms with E-state index < -0.39 is 0 Å². The van der Waals surface area contributed by atoms with Crippen molar-refractivity contribution in [3.8, 4) is 0 Å². The Morgan fingerprint density at radius 1 is 1.00 bits per heavy atom. The van der Waals surface area contributed by atoms with Gasteiger partial charge >= 0.3 is 0 Å². The summed E-state index contributed by atoms with van der Waals surface area (Å²) in [5.74, 6) is 0.414. The summed E-state index contributed by atoms with van der Waals surface area (Å²) in [5.41, 5.74) is 5.43. The predicted molar refractivity (Wildman–Crippen MR) is 145 cm³/mol. The second-order valence-electron chi connectivity index (χ2n) is 9.61. The van der Waals surface area contributed by atoms with Gasteiger partial charge in [-0.3, -0.25) is 9.69 Å². The van der Waals surface area contributed by atoms with E-state index in [4.69, 9.17) is 4.99 Å². The molecule has 2 heterocycles. The number of carbonyl (C=O) groups excluding carboxylic acids is 1. The number of nitrogens with zero attached hydrogens (tertiary/aromatic N) is 3. The van der Waals surface area contributed by atoms with Crippen LogP contribution in [0.15, 0.2) is 88.8 Å². The van der Waals surface area contributed by atoms with Gasteiger partial charge in [-0.25, -0.2) is 4.99 Å². The van der Waals surface area contributed by atoms with Gasteiger partial charge in [0.15, 0.2) is 5.17 Å². The molecule has 1 amide bonds. The summed E-state index contributed by atoms with van der Waals surface area (Å²) in [7, 11) is 2.17. The molecular weight excluding hydrogens is 438 g/mol. The summed E-state index contributed by atoms with van der Waals surface area (Å²) in [5, 5.41) is 0.668. The lowest BCUT2D eigenvalue weighted by molar-refractivity contribution is -0.113. The maximum Gasteiger partial charge on any atom is 0.271 e. The quantitative estimate of drug-likeness (QED) is 0.382. The number of hydrogen-bond donors (Lipinski definition) is 0. The lowest BCUT2D eigenvalue weighted by Crippen LogP contribution is -2.45. The average molecular weight is 468 g/mol. The number of amides is 1. The van der Waals surface area contributed by atoms with Gasteiger partial charge in [0.25, 0.3) is 5.91 Å². The SMILES string of the molecule is C[C@H]1CC(C)(C)N(C)c2ccc(/C=C3\SC(=Nc4ccccc4)N(c4ccccc4)C3=O)cc21. The third-order valence-electron chi connectivity index (χ3n) is 6.76. The van der Waals surface area contributed by atoms with Crippen molar-refractivity contribution in [2.45, 2.75) is 38.6 Å². The Morgan fingerprint density at radius 2 is 1.68 bits per heavy atom. The molecule has 0 spiro atoms. The fraction of sp³-hybridized carbons (Fsp3) is 0.241. The third kappa shape index (κ3) is 4.16. The molecule has 4 nitrogen and oxygen atoms in total. The summed E-state index contributed by atoms with van der Waals surface area (Å²) in [6.07, 6.45) is 3.10. The second-order valence-corrected chi connectivity index (χ2v) is 10.6. The summed E-state index contributed by atoms with van der Waals surface area (Å²) in [4.78, 5) is 23.1. The number of para-hydroxylation sites is 2. The first-order chi connectivity index (χ1) is 16.3. The number of amidine groups is 1. The summed E-state index contributed by atoms with van der Waals surface area (Å²) in [6, 6.07) is 26.1. The van der Waals surface area contributed by atoms with E-state index in [1.165, 1.54) is 23.0 Å². The van der Waals surface area contributed by atoms with Gasteiger partial charge in [-0.2, -0.15) is 0 Å². The minimum Gasteiger partial charge on any atom is -0.369 e. The fourth-order valence-corrected chi connectivity index (χ4v) is 5.80. The van der Waals surface area contributed by atoms with Crippen molar-refractivity contribution in [2.75, 3.05) is 16.8 Å². The fourth-order valence-electron chi connectivity index (χ4n) is 4.80. The molecule has 5 heteroatoms. The number of carbonyl (C=O) groups is 1. The maximum absolute atomic E-state index is 13.5. The molecular formula is C29H29N3OS. The van der Waals surface area contributed by atoms with Crippen LogP contribution in [-0.4, -0.2) is 23.7 Å². The van der Waals surface area contributed by atoms with Crippen molar-refractivity contribution in [1.29, 1.82) is 0 Å². The minimum atomic E-state index is -0.0464. The molecule has 0 radical (unpaired) electrons. The van der Waals surface area contributed by atoms with Crippen molar-refractivity contribution >= 4 is 46.0 Å². The van der Waals surface area contributed by atoms with E-state index >= 15 is 0 Å². The van der Waals surface area contributed by atoms with Crippen molar-refractivity contribution in [1.82, 2.24) is 0 Å². The van der Waals surface area contributed by atoms with E-state index in [1.807, 2.05) is 66.7 Å². The highest BCUT2D eigenvalue weighted by Gasteiger charge is 2.36. The van der Waals surface area contributed by atoms with Crippen LogP contribution >= 0.6 is 11.8 Å². The van der Waals surface area contributed by atoms with Gasteiger partial charge in [0.1, 0.15) is 0 Å². The Labute approximate surface area is 206 Å². The van der Waals surface area contributed by atoms with Gasteiger partial charge in [0.2, 0.25) is 0 Å². The van der Waals surface area contributed by atoms with Crippen LogP contribution in [0, 0.1) is 0 Å². The molecule has 0 aromatic heterocycles. The lowest BCUT2D eigenvalue weighted by Gasteiger charge is -2.45. The predicted octanol–water partition coefficient (Wildman–Crippen LogP) is 7.22. The van der Waals surface area contributed by atoms with E-state index in [9.17, 15) is 4.79 Å². The highest BCUT2D eigenvalue weighted by Crippen LogP contribution is 2.43. The zero-order chi connectivity index (χ0) is 23.9.